The van der Waals surface area contributed by atoms with E-state index in [0.717, 1.165) is 4.90 Å². The number of imide groups is 1. The van der Waals surface area contributed by atoms with Crippen molar-refractivity contribution in [3.63, 3.8) is 0 Å². The maximum Gasteiger partial charge on any atom is 0.324 e. The van der Waals surface area contributed by atoms with Crippen LogP contribution in [0.5, 0.6) is 0 Å². The van der Waals surface area contributed by atoms with Gasteiger partial charge in [-0.3, -0.25) is 9.69 Å². The lowest BCUT2D eigenvalue weighted by atomic mass is 10.1. The van der Waals surface area contributed by atoms with Crippen LogP contribution in [-0.4, -0.2) is 36.5 Å². The van der Waals surface area contributed by atoms with Gasteiger partial charge < -0.3 is 10.6 Å². The molecule has 1 aromatic rings. The summed E-state index contributed by atoms with van der Waals surface area (Å²) in [5, 5.41) is 5.72. The highest BCUT2D eigenvalue weighted by atomic mass is 35.5. The van der Waals surface area contributed by atoms with Gasteiger partial charge in [-0.05, 0) is 24.6 Å². The predicted molar refractivity (Wildman–Crippen MR) is 77.9 cm³/mol. The minimum atomic E-state index is -0.574. The Hall–Kier alpha value is -1.37. The summed E-state index contributed by atoms with van der Waals surface area (Å²) in [6.45, 7) is 2.50. The van der Waals surface area contributed by atoms with Gasteiger partial charge in [0.1, 0.15) is 5.82 Å². The molecular weight excluding hydrogens is 320 g/mol. The molecule has 2 N–H and O–H groups in total. The fourth-order valence-electron chi connectivity index (χ4n) is 2.03. The predicted octanol–water partition coefficient (Wildman–Crippen LogP) is 2.33. The summed E-state index contributed by atoms with van der Waals surface area (Å²) in [7, 11) is 0. The number of nitrogens with zero attached hydrogens (tertiary/aromatic N) is 1. The van der Waals surface area contributed by atoms with Gasteiger partial charge in [-0.1, -0.05) is 23.2 Å². The number of amides is 3. The molecule has 0 radical (unpaired) electrons. The number of carbonyl (C=O) groups excluding carboxylic acids is 2. The van der Waals surface area contributed by atoms with Crippen molar-refractivity contribution in [2.45, 2.75) is 13.0 Å². The molecule has 1 aliphatic rings. The van der Waals surface area contributed by atoms with Crippen molar-refractivity contribution in [1.29, 1.82) is 0 Å². The van der Waals surface area contributed by atoms with Crippen LogP contribution in [0.1, 0.15) is 18.5 Å². The lowest BCUT2D eigenvalue weighted by molar-refractivity contribution is -0.126. The number of hydrogen-bond acceptors (Lipinski definition) is 3. The summed E-state index contributed by atoms with van der Waals surface area (Å²) < 4.78 is 13.5. The Morgan fingerprint density at radius 3 is 2.81 bits per heavy atom. The summed E-state index contributed by atoms with van der Waals surface area (Å²) in [6, 6.07) is 1.79. The van der Waals surface area contributed by atoms with E-state index in [4.69, 9.17) is 23.2 Å². The molecule has 0 unspecified atom stereocenters. The van der Waals surface area contributed by atoms with Gasteiger partial charge in [-0.25, -0.2) is 9.18 Å². The van der Waals surface area contributed by atoms with E-state index in [1.807, 2.05) is 0 Å². The van der Waals surface area contributed by atoms with Crippen molar-refractivity contribution in [1.82, 2.24) is 15.5 Å². The topological polar surface area (TPSA) is 61.4 Å². The van der Waals surface area contributed by atoms with Crippen molar-refractivity contribution in [3.8, 4) is 0 Å². The van der Waals surface area contributed by atoms with E-state index in [1.54, 1.807) is 6.92 Å². The van der Waals surface area contributed by atoms with E-state index in [0.29, 0.717) is 23.7 Å². The standard InChI is InChI=1S/C13H14Cl2FN3O2/c1-7(8-4-11(16)10(15)5-9(8)14)18-6-12(20)19-3-2-17-13(19)21/h4-5,7,18H,2-3,6H2,1H3,(H,17,21)/t7-/m1/s1. The van der Waals surface area contributed by atoms with Crippen molar-refractivity contribution in [3.05, 3.63) is 33.6 Å². The third-order valence-electron chi connectivity index (χ3n) is 3.22. The van der Waals surface area contributed by atoms with Crippen LogP contribution in [0.4, 0.5) is 9.18 Å². The summed E-state index contributed by atoms with van der Waals surface area (Å²) in [4.78, 5) is 24.3. The van der Waals surface area contributed by atoms with Crippen molar-refractivity contribution in [2.75, 3.05) is 19.6 Å². The maximum absolute atomic E-state index is 13.5. The van der Waals surface area contributed by atoms with E-state index < -0.39 is 11.8 Å². The molecule has 0 aliphatic carbocycles. The van der Waals surface area contributed by atoms with Crippen LogP contribution < -0.4 is 10.6 Å². The monoisotopic (exact) mass is 333 g/mol. The zero-order valence-electron chi connectivity index (χ0n) is 11.3. The first kappa shape index (κ1) is 16.0. The van der Waals surface area contributed by atoms with Crippen LogP contribution in [0, 0.1) is 5.82 Å². The lowest BCUT2D eigenvalue weighted by Crippen LogP contribution is -2.40. The largest absolute Gasteiger partial charge is 0.336 e. The number of urea groups is 1. The molecule has 114 valence electrons. The molecule has 5 nitrogen and oxygen atoms in total. The van der Waals surface area contributed by atoms with Crippen LogP contribution in [0.3, 0.4) is 0 Å². The molecule has 1 aromatic carbocycles. The maximum atomic E-state index is 13.5. The van der Waals surface area contributed by atoms with Crippen LogP contribution in [0.2, 0.25) is 10.0 Å². The Kier molecular flexibility index (Phi) is 5.03. The number of hydrogen-bond donors (Lipinski definition) is 2. The average molecular weight is 334 g/mol. The first-order chi connectivity index (χ1) is 9.90. The van der Waals surface area contributed by atoms with Gasteiger partial charge in [0.15, 0.2) is 0 Å². The molecule has 0 saturated carbocycles. The van der Waals surface area contributed by atoms with Gasteiger partial charge in [0.2, 0.25) is 5.91 Å². The highest BCUT2D eigenvalue weighted by Crippen LogP contribution is 2.28. The molecule has 1 fully saturated rings. The summed E-state index contributed by atoms with van der Waals surface area (Å²) in [5.74, 6) is -0.919. The van der Waals surface area contributed by atoms with Gasteiger partial charge in [0, 0.05) is 24.2 Å². The summed E-state index contributed by atoms with van der Waals surface area (Å²) >= 11 is 11.6. The van der Waals surface area contributed by atoms with Gasteiger partial charge in [0.05, 0.1) is 11.6 Å². The van der Waals surface area contributed by atoms with Gasteiger partial charge in [-0.2, -0.15) is 0 Å². The summed E-state index contributed by atoms with van der Waals surface area (Å²) in [5.41, 5.74) is 0.497. The number of rotatable bonds is 4. The SMILES string of the molecule is C[C@@H](NCC(=O)N1CCNC1=O)c1cc(F)c(Cl)cc1Cl. The number of nitrogens with one attached hydrogen (secondary N) is 2. The smallest absolute Gasteiger partial charge is 0.324 e. The van der Waals surface area contributed by atoms with Crippen molar-refractivity contribution in [2.24, 2.45) is 0 Å². The van der Waals surface area contributed by atoms with Gasteiger partial charge >= 0.3 is 6.03 Å². The molecular formula is C13H14Cl2FN3O2. The first-order valence-electron chi connectivity index (χ1n) is 6.36. The molecule has 0 aromatic heterocycles. The van der Waals surface area contributed by atoms with E-state index >= 15 is 0 Å². The number of benzene rings is 1. The Bertz CT molecular complexity index is 583. The fraction of sp³-hybridized carbons (Fsp3) is 0.385. The molecule has 1 saturated heterocycles. The quantitative estimate of drug-likeness (QED) is 0.831. The molecule has 0 bridgehead atoms. The second kappa shape index (κ2) is 6.60. The van der Waals surface area contributed by atoms with Crippen LogP contribution >= 0.6 is 23.2 Å². The van der Waals surface area contributed by atoms with Crippen LogP contribution in [0.15, 0.2) is 12.1 Å². The zero-order valence-corrected chi connectivity index (χ0v) is 12.8. The van der Waals surface area contributed by atoms with E-state index in [2.05, 4.69) is 10.6 Å². The van der Waals surface area contributed by atoms with Gasteiger partial charge in [0.25, 0.3) is 0 Å². The molecule has 1 atom stereocenters. The molecule has 21 heavy (non-hydrogen) atoms. The van der Waals surface area contributed by atoms with E-state index in [9.17, 15) is 14.0 Å². The molecule has 0 spiro atoms. The second-order valence-electron chi connectivity index (χ2n) is 4.67. The molecule has 2 rings (SSSR count). The minimum Gasteiger partial charge on any atom is -0.336 e. The minimum absolute atomic E-state index is 0.0465. The fourth-order valence-corrected chi connectivity index (χ4v) is 2.57. The van der Waals surface area contributed by atoms with Crippen LogP contribution in [0.25, 0.3) is 0 Å². The average Bonchev–Trinajstić information content (AvgIpc) is 2.86. The second-order valence-corrected chi connectivity index (χ2v) is 5.48. The zero-order chi connectivity index (χ0) is 15.6. The highest BCUT2D eigenvalue weighted by molar-refractivity contribution is 6.35. The lowest BCUT2D eigenvalue weighted by Gasteiger charge is -2.18. The number of halogens is 3. The Labute approximate surface area is 131 Å². The summed E-state index contributed by atoms with van der Waals surface area (Å²) in [6.07, 6.45) is 0. The molecule has 3 amide bonds. The Balaban J connectivity index is 1.98. The third kappa shape index (κ3) is 3.64. The molecule has 1 aliphatic heterocycles. The van der Waals surface area contributed by atoms with E-state index in [1.165, 1.54) is 12.1 Å². The Morgan fingerprint density at radius 1 is 1.48 bits per heavy atom. The molecule has 1 heterocycles. The highest BCUT2D eigenvalue weighted by Gasteiger charge is 2.26. The Morgan fingerprint density at radius 2 is 2.19 bits per heavy atom. The normalized spacial score (nSPS) is 16.0. The van der Waals surface area contributed by atoms with Crippen molar-refractivity contribution >= 4 is 35.1 Å². The van der Waals surface area contributed by atoms with Gasteiger partial charge in [-0.15, -0.1) is 0 Å². The number of carbonyl (C=O) groups is 2. The first-order valence-corrected chi connectivity index (χ1v) is 7.11. The van der Waals surface area contributed by atoms with Crippen LogP contribution in [-0.2, 0) is 4.79 Å². The third-order valence-corrected chi connectivity index (χ3v) is 3.84. The molecule has 8 heteroatoms. The van der Waals surface area contributed by atoms with E-state index in [-0.39, 0.29) is 23.5 Å². The van der Waals surface area contributed by atoms with Crippen molar-refractivity contribution < 1.29 is 14.0 Å².